The first kappa shape index (κ1) is 23.1. The molecular weight excluding hydrogens is 414 g/mol. The number of rotatable bonds is 9. The summed E-state index contributed by atoms with van der Waals surface area (Å²) in [5.41, 5.74) is 2.13. The van der Waals surface area contributed by atoms with Crippen LogP contribution in [-0.2, 0) is 6.54 Å². The molecule has 0 spiro atoms. The molecule has 0 unspecified atom stereocenters. The van der Waals surface area contributed by atoms with Crippen LogP contribution in [0.1, 0.15) is 31.2 Å². The fraction of sp³-hybridized carbons (Fsp3) is 0.462. The molecule has 176 valence electrons. The number of benzene rings is 2. The van der Waals surface area contributed by atoms with Crippen molar-refractivity contribution in [2.45, 2.75) is 38.3 Å². The van der Waals surface area contributed by atoms with Gasteiger partial charge in [-0.1, -0.05) is 18.2 Å². The van der Waals surface area contributed by atoms with Crippen LogP contribution in [0.25, 0.3) is 10.9 Å². The SMILES string of the molecule is COc1ccc(CNC[C@H]2CC[C@@H](Nc3nc(N(C)C)c4ccccc4n3)CC2)c(OC)c1. The lowest BCUT2D eigenvalue weighted by atomic mass is 9.86. The van der Waals surface area contributed by atoms with Gasteiger partial charge in [-0.05, 0) is 56.3 Å². The number of nitrogens with zero attached hydrogens (tertiary/aromatic N) is 3. The average Bonchev–Trinajstić information content (AvgIpc) is 2.84. The molecule has 0 bridgehead atoms. The molecule has 1 aliphatic carbocycles. The van der Waals surface area contributed by atoms with E-state index in [4.69, 9.17) is 19.4 Å². The molecule has 0 radical (unpaired) electrons. The molecule has 3 aromatic rings. The highest BCUT2D eigenvalue weighted by Crippen LogP contribution is 2.29. The summed E-state index contributed by atoms with van der Waals surface area (Å²) < 4.78 is 10.8. The van der Waals surface area contributed by atoms with Crippen molar-refractivity contribution in [1.29, 1.82) is 0 Å². The van der Waals surface area contributed by atoms with E-state index in [1.54, 1.807) is 14.2 Å². The van der Waals surface area contributed by atoms with Crippen LogP contribution in [0.15, 0.2) is 42.5 Å². The van der Waals surface area contributed by atoms with Crippen molar-refractivity contribution >= 4 is 22.7 Å². The molecule has 2 aromatic carbocycles. The molecule has 0 atom stereocenters. The fourth-order valence-corrected chi connectivity index (χ4v) is 4.57. The van der Waals surface area contributed by atoms with Gasteiger partial charge in [-0.2, -0.15) is 4.98 Å². The maximum Gasteiger partial charge on any atom is 0.225 e. The third-order valence-electron chi connectivity index (χ3n) is 6.43. The van der Waals surface area contributed by atoms with Gasteiger partial charge in [0.2, 0.25) is 5.95 Å². The van der Waals surface area contributed by atoms with Crippen LogP contribution in [0.5, 0.6) is 11.5 Å². The number of hydrogen-bond donors (Lipinski definition) is 2. The Morgan fingerprint density at radius 3 is 2.48 bits per heavy atom. The highest BCUT2D eigenvalue weighted by Gasteiger charge is 2.22. The van der Waals surface area contributed by atoms with E-state index in [1.807, 2.05) is 38.4 Å². The number of hydrogen-bond acceptors (Lipinski definition) is 7. The predicted molar refractivity (Wildman–Crippen MR) is 134 cm³/mol. The zero-order chi connectivity index (χ0) is 23.2. The summed E-state index contributed by atoms with van der Waals surface area (Å²) in [5, 5.41) is 8.30. The van der Waals surface area contributed by atoms with E-state index in [0.717, 1.165) is 65.7 Å². The molecule has 0 aliphatic heterocycles. The third kappa shape index (κ3) is 5.66. The summed E-state index contributed by atoms with van der Waals surface area (Å²) in [5.74, 6) is 4.04. The van der Waals surface area contributed by atoms with Gasteiger partial charge in [0.1, 0.15) is 17.3 Å². The van der Waals surface area contributed by atoms with Gasteiger partial charge < -0.3 is 25.0 Å². The number of fused-ring (bicyclic) bond motifs is 1. The molecule has 1 heterocycles. The number of methoxy groups -OCH3 is 2. The molecule has 1 aromatic heterocycles. The minimum absolute atomic E-state index is 0.416. The largest absolute Gasteiger partial charge is 0.497 e. The first-order chi connectivity index (χ1) is 16.1. The van der Waals surface area contributed by atoms with Crippen molar-refractivity contribution in [2.24, 2.45) is 5.92 Å². The topological polar surface area (TPSA) is 71.5 Å². The van der Waals surface area contributed by atoms with Crippen LogP contribution in [-0.4, -0.2) is 50.9 Å². The summed E-state index contributed by atoms with van der Waals surface area (Å²) in [7, 11) is 7.43. The van der Waals surface area contributed by atoms with Crippen LogP contribution < -0.4 is 25.0 Å². The maximum absolute atomic E-state index is 5.51. The Morgan fingerprint density at radius 2 is 1.76 bits per heavy atom. The van der Waals surface area contributed by atoms with Crippen molar-refractivity contribution in [2.75, 3.05) is 45.1 Å². The van der Waals surface area contributed by atoms with Gasteiger partial charge in [-0.25, -0.2) is 4.98 Å². The number of nitrogens with one attached hydrogen (secondary N) is 2. The first-order valence-electron chi connectivity index (χ1n) is 11.7. The molecule has 1 aliphatic rings. The molecule has 4 rings (SSSR count). The second-order valence-corrected chi connectivity index (χ2v) is 8.95. The summed E-state index contributed by atoms with van der Waals surface area (Å²) >= 11 is 0. The van der Waals surface area contributed by atoms with Crippen molar-refractivity contribution in [3.05, 3.63) is 48.0 Å². The van der Waals surface area contributed by atoms with E-state index in [2.05, 4.69) is 33.7 Å². The summed E-state index contributed by atoms with van der Waals surface area (Å²) in [6.07, 6.45) is 4.65. The molecule has 7 nitrogen and oxygen atoms in total. The third-order valence-corrected chi connectivity index (χ3v) is 6.43. The monoisotopic (exact) mass is 449 g/mol. The van der Waals surface area contributed by atoms with Gasteiger partial charge in [-0.15, -0.1) is 0 Å². The van der Waals surface area contributed by atoms with Crippen molar-refractivity contribution < 1.29 is 9.47 Å². The fourth-order valence-electron chi connectivity index (χ4n) is 4.57. The second-order valence-electron chi connectivity index (χ2n) is 8.95. The highest BCUT2D eigenvalue weighted by molar-refractivity contribution is 5.90. The Bertz CT molecular complexity index is 1060. The van der Waals surface area contributed by atoms with Gasteiger partial charge in [0.25, 0.3) is 0 Å². The van der Waals surface area contributed by atoms with E-state index in [0.29, 0.717) is 12.0 Å². The van der Waals surface area contributed by atoms with E-state index in [1.165, 1.54) is 12.8 Å². The summed E-state index contributed by atoms with van der Waals surface area (Å²) in [6, 6.07) is 14.6. The van der Waals surface area contributed by atoms with Crippen LogP contribution in [0.4, 0.5) is 11.8 Å². The quantitative estimate of drug-likeness (QED) is 0.499. The molecular formula is C26H35N5O2. The van der Waals surface area contributed by atoms with E-state index in [-0.39, 0.29) is 0 Å². The second kappa shape index (κ2) is 10.7. The zero-order valence-electron chi connectivity index (χ0n) is 20.1. The molecule has 0 saturated heterocycles. The van der Waals surface area contributed by atoms with Gasteiger partial charge in [-0.3, -0.25) is 0 Å². The Hall–Kier alpha value is -3.06. The standard InChI is InChI=1S/C26H35N5O2/c1-31(2)25-22-7-5-6-8-23(22)29-26(30-25)28-20-12-9-18(10-13-20)16-27-17-19-11-14-21(32-3)15-24(19)33-4/h5-8,11,14-15,18,20,27H,9-10,12-13,16-17H2,1-4H3,(H,28,29,30)/t18-,20+. The Morgan fingerprint density at radius 1 is 0.970 bits per heavy atom. The summed E-state index contributed by atoms with van der Waals surface area (Å²) in [6.45, 7) is 1.81. The Kier molecular flexibility index (Phi) is 7.50. The summed E-state index contributed by atoms with van der Waals surface area (Å²) in [4.78, 5) is 11.6. The maximum atomic E-state index is 5.51. The van der Waals surface area contributed by atoms with Crippen molar-refractivity contribution in [3.63, 3.8) is 0 Å². The lowest BCUT2D eigenvalue weighted by molar-refractivity contribution is 0.322. The van der Waals surface area contributed by atoms with Crippen LogP contribution in [0, 0.1) is 5.92 Å². The van der Waals surface area contributed by atoms with E-state index in [9.17, 15) is 0 Å². The highest BCUT2D eigenvalue weighted by atomic mass is 16.5. The molecule has 1 fully saturated rings. The molecule has 2 N–H and O–H groups in total. The molecule has 0 amide bonds. The van der Waals surface area contributed by atoms with Gasteiger partial charge in [0.05, 0.1) is 19.7 Å². The molecule has 33 heavy (non-hydrogen) atoms. The minimum atomic E-state index is 0.416. The number of para-hydroxylation sites is 1. The van der Waals surface area contributed by atoms with Crippen molar-refractivity contribution in [1.82, 2.24) is 15.3 Å². The average molecular weight is 450 g/mol. The van der Waals surface area contributed by atoms with Gasteiger partial charge in [0, 0.05) is 43.7 Å². The van der Waals surface area contributed by atoms with Gasteiger partial charge in [0.15, 0.2) is 0 Å². The normalized spacial score (nSPS) is 18.2. The van der Waals surface area contributed by atoms with Crippen molar-refractivity contribution in [3.8, 4) is 11.5 Å². The minimum Gasteiger partial charge on any atom is -0.497 e. The predicted octanol–water partition coefficient (Wildman–Crippen LogP) is 4.47. The smallest absolute Gasteiger partial charge is 0.225 e. The van der Waals surface area contributed by atoms with Crippen LogP contribution >= 0.6 is 0 Å². The van der Waals surface area contributed by atoms with E-state index < -0.39 is 0 Å². The van der Waals surface area contributed by atoms with Gasteiger partial charge >= 0.3 is 0 Å². The lowest BCUT2D eigenvalue weighted by Crippen LogP contribution is -2.31. The first-order valence-corrected chi connectivity index (χ1v) is 11.7. The van der Waals surface area contributed by atoms with Crippen LogP contribution in [0.2, 0.25) is 0 Å². The number of anilines is 2. The van der Waals surface area contributed by atoms with E-state index >= 15 is 0 Å². The number of ether oxygens (including phenoxy) is 2. The van der Waals surface area contributed by atoms with Crippen LogP contribution in [0.3, 0.4) is 0 Å². The number of aromatic nitrogens is 2. The zero-order valence-corrected chi connectivity index (χ0v) is 20.1. The Balaban J connectivity index is 1.28. The lowest BCUT2D eigenvalue weighted by Gasteiger charge is -2.29. The Labute approximate surface area is 196 Å². The molecule has 1 saturated carbocycles. The molecule has 7 heteroatoms.